The zero-order chi connectivity index (χ0) is 15.4. The molecule has 0 saturated carbocycles. The molecule has 0 amide bonds. The second kappa shape index (κ2) is 7.25. The summed E-state index contributed by atoms with van der Waals surface area (Å²) in [6.45, 7) is 5.63. The van der Waals surface area contributed by atoms with Gasteiger partial charge in [0.15, 0.2) is 0 Å². The van der Waals surface area contributed by atoms with Crippen LogP contribution in [-0.4, -0.2) is 6.54 Å². The van der Waals surface area contributed by atoms with Crippen molar-refractivity contribution in [3.63, 3.8) is 0 Å². The van der Waals surface area contributed by atoms with Gasteiger partial charge in [-0.1, -0.05) is 36.2 Å². The van der Waals surface area contributed by atoms with Crippen LogP contribution in [0.15, 0.2) is 34.8 Å². The van der Waals surface area contributed by atoms with Crippen LogP contribution in [0, 0.1) is 12.7 Å². The maximum atomic E-state index is 13.6. The van der Waals surface area contributed by atoms with Crippen LogP contribution < -0.4 is 10.1 Å². The lowest BCUT2D eigenvalue weighted by Crippen LogP contribution is -2.12. The van der Waals surface area contributed by atoms with Crippen LogP contribution in [0.5, 0.6) is 11.5 Å². The van der Waals surface area contributed by atoms with Gasteiger partial charge in [0.05, 0.1) is 9.50 Å². The summed E-state index contributed by atoms with van der Waals surface area (Å²) in [4.78, 5) is 0. The molecule has 0 saturated heterocycles. The minimum absolute atomic E-state index is 0.0611. The Morgan fingerprint density at radius 2 is 2.00 bits per heavy atom. The molecule has 0 aliphatic rings. The van der Waals surface area contributed by atoms with Crippen LogP contribution in [0.1, 0.15) is 18.1 Å². The van der Waals surface area contributed by atoms with Crippen LogP contribution in [0.25, 0.3) is 0 Å². The number of aryl methyl sites for hydroxylation is 1. The maximum Gasteiger partial charge on any atom is 0.145 e. The highest BCUT2D eigenvalue weighted by molar-refractivity contribution is 9.10. The number of hydrogen-bond donors (Lipinski definition) is 1. The zero-order valence-corrected chi connectivity index (χ0v) is 14.2. The Morgan fingerprint density at radius 1 is 1.24 bits per heavy atom. The third-order valence-electron chi connectivity index (χ3n) is 2.98. The molecule has 0 aromatic heterocycles. The molecule has 2 nitrogen and oxygen atoms in total. The quantitative estimate of drug-likeness (QED) is 0.704. The average Bonchev–Trinajstić information content (AvgIpc) is 2.44. The molecular formula is C16H16BrClFNO. The fourth-order valence-corrected chi connectivity index (χ4v) is 2.63. The lowest BCUT2D eigenvalue weighted by molar-refractivity contribution is 0.465. The van der Waals surface area contributed by atoms with Gasteiger partial charge in [-0.25, -0.2) is 4.39 Å². The molecule has 0 fully saturated rings. The molecular weight excluding hydrogens is 357 g/mol. The largest absolute Gasteiger partial charge is 0.456 e. The summed E-state index contributed by atoms with van der Waals surface area (Å²) >= 11 is 9.08. The van der Waals surface area contributed by atoms with Crippen LogP contribution in [0.4, 0.5) is 4.39 Å². The smallest absolute Gasteiger partial charge is 0.145 e. The predicted molar refractivity (Wildman–Crippen MR) is 87.7 cm³/mol. The number of halogens is 3. The van der Waals surface area contributed by atoms with E-state index in [1.54, 1.807) is 0 Å². The van der Waals surface area contributed by atoms with Crippen molar-refractivity contribution in [3.8, 4) is 11.5 Å². The van der Waals surface area contributed by atoms with Crippen LogP contribution >= 0.6 is 27.5 Å². The van der Waals surface area contributed by atoms with Gasteiger partial charge in [-0.2, -0.15) is 0 Å². The van der Waals surface area contributed by atoms with Crippen molar-refractivity contribution < 1.29 is 9.13 Å². The number of rotatable bonds is 5. The zero-order valence-electron chi connectivity index (χ0n) is 11.8. The molecule has 0 spiro atoms. The Labute approximate surface area is 137 Å². The fraction of sp³-hybridized carbons (Fsp3) is 0.250. The lowest BCUT2D eigenvalue weighted by Gasteiger charge is -2.14. The minimum atomic E-state index is -0.504. The van der Waals surface area contributed by atoms with Gasteiger partial charge < -0.3 is 10.1 Å². The molecule has 2 aromatic carbocycles. The van der Waals surface area contributed by atoms with E-state index in [9.17, 15) is 4.39 Å². The van der Waals surface area contributed by atoms with E-state index in [2.05, 4.69) is 27.3 Å². The van der Waals surface area contributed by atoms with E-state index < -0.39 is 5.82 Å². The Hall–Kier alpha value is -1.10. The molecule has 0 heterocycles. The van der Waals surface area contributed by atoms with Gasteiger partial charge in [-0.05, 0) is 41.5 Å². The van der Waals surface area contributed by atoms with Crippen molar-refractivity contribution in [2.24, 2.45) is 0 Å². The summed E-state index contributed by atoms with van der Waals surface area (Å²) in [6, 6.07) is 8.68. The second-order valence-corrected chi connectivity index (χ2v) is 5.95. The van der Waals surface area contributed by atoms with Crippen LogP contribution in [-0.2, 0) is 6.54 Å². The minimum Gasteiger partial charge on any atom is -0.456 e. The molecule has 0 radical (unpaired) electrons. The monoisotopic (exact) mass is 371 g/mol. The highest BCUT2D eigenvalue weighted by Gasteiger charge is 2.11. The average molecular weight is 373 g/mol. The van der Waals surface area contributed by atoms with Gasteiger partial charge in [-0.15, -0.1) is 0 Å². The Kier molecular flexibility index (Phi) is 5.62. The molecule has 0 atom stereocenters. The van der Waals surface area contributed by atoms with Crippen molar-refractivity contribution in [3.05, 3.63) is 56.8 Å². The van der Waals surface area contributed by atoms with Gasteiger partial charge in [-0.3, -0.25) is 0 Å². The molecule has 0 aliphatic heterocycles. The first kappa shape index (κ1) is 16.3. The van der Waals surface area contributed by atoms with E-state index in [4.69, 9.17) is 16.3 Å². The normalized spacial score (nSPS) is 10.7. The third kappa shape index (κ3) is 4.19. The number of ether oxygens (including phenoxy) is 1. The number of hydrogen-bond acceptors (Lipinski definition) is 2. The van der Waals surface area contributed by atoms with Crippen molar-refractivity contribution >= 4 is 27.5 Å². The van der Waals surface area contributed by atoms with E-state index >= 15 is 0 Å². The summed E-state index contributed by atoms with van der Waals surface area (Å²) in [5.74, 6) is 0.595. The van der Waals surface area contributed by atoms with Crippen LogP contribution in [0.2, 0.25) is 5.02 Å². The molecule has 21 heavy (non-hydrogen) atoms. The molecule has 2 rings (SSSR count). The first-order chi connectivity index (χ1) is 10.0. The van der Waals surface area contributed by atoms with Gasteiger partial charge in [0.1, 0.15) is 17.3 Å². The molecule has 0 unspecified atom stereocenters. The van der Waals surface area contributed by atoms with Gasteiger partial charge in [0.2, 0.25) is 0 Å². The Bertz CT molecular complexity index is 648. The Morgan fingerprint density at radius 3 is 2.71 bits per heavy atom. The highest BCUT2D eigenvalue weighted by Crippen LogP contribution is 2.35. The summed E-state index contributed by atoms with van der Waals surface area (Å²) in [5.41, 5.74) is 2.18. The van der Waals surface area contributed by atoms with E-state index in [0.717, 1.165) is 17.7 Å². The molecule has 2 aromatic rings. The SMILES string of the molecule is CCNCc1cc(C)ccc1Oc1cc(F)c(Cl)cc1Br. The molecule has 112 valence electrons. The van der Waals surface area contributed by atoms with Crippen molar-refractivity contribution in [1.82, 2.24) is 5.32 Å². The van der Waals surface area contributed by atoms with Gasteiger partial charge in [0, 0.05) is 18.2 Å². The predicted octanol–water partition coefficient (Wildman–Crippen LogP) is 5.45. The number of nitrogens with one attached hydrogen (secondary N) is 1. The maximum absolute atomic E-state index is 13.6. The topological polar surface area (TPSA) is 21.3 Å². The van der Waals surface area contributed by atoms with E-state index in [-0.39, 0.29) is 5.02 Å². The molecule has 5 heteroatoms. The summed E-state index contributed by atoms with van der Waals surface area (Å²) in [5, 5.41) is 3.33. The first-order valence-electron chi connectivity index (χ1n) is 6.64. The van der Waals surface area contributed by atoms with E-state index in [0.29, 0.717) is 22.5 Å². The standard InChI is InChI=1S/C16H16BrClFNO/c1-3-20-9-11-6-10(2)4-5-15(11)21-16-8-14(19)13(18)7-12(16)17/h4-8,20H,3,9H2,1-2H3. The van der Waals surface area contributed by atoms with Crippen molar-refractivity contribution in [2.45, 2.75) is 20.4 Å². The molecule has 0 bridgehead atoms. The second-order valence-electron chi connectivity index (χ2n) is 4.69. The van der Waals surface area contributed by atoms with Gasteiger partial charge >= 0.3 is 0 Å². The summed E-state index contributed by atoms with van der Waals surface area (Å²) in [6.07, 6.45) is 0. The number of benzene rings is 2. The molecule has 0 aliphatic carbocycles. The molecule has 1 N–H and O–H groups in total. The lowest BCUT2D eigenvalue weighted by atomic mass is 10.1. The fourth-order valence-electron chi connectivity index (χ4n) is 1.91. The van der Waals surface area contributed by atoms with Crippen molar-refractivity contribution in [1.29, 1.82) is 0 Å². The van der Waals surface area contributed by atoms with E-state index in [1.165, 1.54) is 12.1 Å². The van der Waals surface area contributed by atoms with Gasteiger partial charge in [0.25, 0.3) is 0 Å². The summed E-state index contributed by atoms with van der Waals surface area (Å²) < 4.78 is 20.0. The highest BCUT2D eigenvalue weighted by atomic mass is 79.9. The van der Waals surface area contributed by atoms with Crippen LogP contribution in [0.3, 0.4) is 0 Å². The van der Waals surface area contributed by atoms with E-state index in [1.807, 2.05) is 26.0 Å². The summed E-state index contributed by atoms with van der Waals surface area (Å²) in [7, 11) is 0. The Balaban J connectivity index is 2.32. The third-order valence-corrected chi connectivity index (χ3v) is 3.89. The van der Waals surface area contributed by atoms with Crippen molar-refractivity contribution in [2.75, 3.05) is 6.54 Å². The first-order valence-corrected chi connectivity index (χ1v) is 7.81.